The first-order valence-electron chi connectivity index (χ1n) is 8.89. The predicted octanol–water partition coefficient (Wildman–Crippen LogP) is 1.21. The summed E-state index contributed by atoms with van der Waals surface area (Å²) in [6.07, 6.45) is 3.16. The summed E-state index contributed by atoms with van der Waals surface area (Å²) in [7, 11) is 0. The lowest BCUT2D eigenvalue weighted by molar-refractivity contribution is -0.139. The van der Waals surface area contributed by atoms with Gasteiger partial charge in [0.2, 0.25) is 0 Å². The Balaban J connectivity index is 1.93. The van der Waals surface area contributed by atoms with Gasteiger partial charge in [-0.25, -0.2) is 4.98 Å². The number of imidazole rings is 1. The molecule has 0 aliphatic rings. The van der Waals surface area contributed by atoms with Gasteiger partial charge in [-0.15, -0.1) is 0 Å². The van der Waals surface area contributed by atoms with Crippen molar-refractivity contribution in [3.05, 3.63) is 90.0 Å². The zero-order chi connectivity index (χ0) is 20.0. The zero-order valence-electron chi connectivity index (χ0n) is 15.2. The van der Waals surface area contributed by atoms with Gasteiger partial charge in [0, 0.05) is 18.8 Å². The van der Waals surface area contributed by atoms with Crippen LogP contribution in [0.15, 0.2) is 73.1 Å². The summed E-state index contributed by atoms with van der Waals surface area (Å²) in [4.78, 5) is 31.5. The highest BCUT2D eigenvalue weighted by molar-refractivity contribution is 5.92. The second-order valence-corrected chi connectivity index (χ2v) is 6.60. The summed E-state index contributed by atoms with van der Waals surface area (Å²) < 4.78 is 0. The van der Waals surface area contributed by atoms with Crippen LogP contribution in [0.3, 0.4) is 0 Å². The zero-order valence-corrected chi connectivity index (χ0v) is 15.2. The number of benzene rings is 2. The highest BCUT2D eigenvalue weighted by Gasteiger charge is 2.43. The van der Waals surface area contributed by atoms with Gasteiger partial charge in [-0.3, -0.25) is 9.59 Å². The third kappa shape index (κ3) is 4.44. The van der Waals surface area contributed by atoms with Crippen LogP contribution in [-0.4, -0.2) is 38.5 Å². The number of amides is 2. The second-order valence-electron chi connectivity index (χ2n) is 6.60. The summed E-state index contributed by atoms with van der Waals surface area (Å²) >= 11 is 0. The molecule has 2 amide bonds. The summed E-state index contributed by atoms with van der Waals surface area (Å²) in [5.74, 6) is -1.35. The number of rotatable bonds is 8. The van der Waals surface area contributed by atoms with E-state index in [1.165, 1.54) is 12.4 Å². The van der Waals surface area contributed by atoms with E-state index < -0.39 is 23.5 Å². The number of aromatic amines is 1. The van der Waals surface area contributed by atoms with Crippen molar-refractivity contribution in [2.75, 3.05) is 0 Å². The van der Waals surface area contributed by atoms with Crippen LogP contribution in [-0.2, 0) is 17.6 Å². The number of nitrogens with two attached hydrogens (primary N) is 1. The summed E-state index contributed by atoms with van der Waals surface area (Å²) in [5, 5.41) is 14.0. The molecule has 1 heterocycles. The van der Waals surface area contributed by atoms with Crippen LogP contribution in [0, 0.1) is 0 Å². The minimum atomic E-state index is -1.99. The van der Waals surface area contributed by atoms with Gasteiger partial charge in [-0.1, -0.05) is 60.7 Å². The molecule has 0 aliphatic heterocycles. The predicted molar refractivity (Wildman–Crippen MR) is 104 cm³/mol. The first-order chi connectivity index (χ1) is 13.5. The topological polar surface area (TPSA) is 121 Å². The van der Waals surface area contributed by atoms with Crippen LogP contribution in [0.4, 0.5) is 0 Å². The SMILES string of the molecule is NC(=O)[C@](O)(Cc1ccccc1)C(Cc1ccccc1)NC(=O)c1ncc[nH]1. The van der Waals surface area contributed by atoms with Crippen LogP contribution in [0.1, 0.15) is 21.7 Å². The number of nitrogens with one attached hydrogen (secondary N) is 2. The number of hydrogen-bond acceptors (Lipinski definition) is 4. The average molecular weight is 378 g/mol. The van der Waals surface area contributed by atoms with Gasteiger partial charge in [0.15, 0.2) is 11.4 Å². The van der Waals surface area contributed by atoms with E-state index in [4.69, 9.17) is 5.73 Å². The standard InChI is InChI=1S/C21H22N4O3/c22-20(27)21(28,14-16-9-5-2-6-10-16)17(13-15-7-3-1-4-8-15)25-19(26)18-23-11-12-24-18/h1-12,17,28H,13-14H2,(H2,22,27)(H,23,24)(H,25,26)/t17?,21-/m0/s1. The second kappa shape index (κ2) is 8.49. The molecular weight excluding hydrogens is 356 g/mol. The summed E-state index contributed by atoms with van der Waals surface area (Å²) in [5.41, 5.74) is 5.20. The van der Waals surface area contributed by atoms with E-state index in [-0.39, 0.29) is 18.7 Å². The fourth-order valence-corrected chi connectivity index (χ4v) is 3.09. The molecule has 5 N–H and O–H groups in total. The number of aromatic nitrogens is 2. The highest BCUT2D eigenvalue weighted by Crippen LogP contribution is 2.21. The number of primary amides is 1. The summed E-state index contributed by atoms with van der Waals surface area (Å²) in [6.45, 7) is 0. The van der Waals surface area contributed by atoms with Gasteiger partial charge in [-0.2, -0.15) is 0 Å². The molecule has 0 radical (unpaired) electrons. The van der Waals surface area contributed by atoms with E-state index in [9.17, 15) is 14.7 Å². The van der Waals surface area contributed by atoms with E-state index in [1.54, 1.807) is 12.1 Å². The normalized spacial score (nSPS) is 14.0. The molecule has 3 rings (SSSR count). The Morgan fingerprint density at radius 1 is 1.07 bits per heavy atom. The molecule has 0 saturated carbocycles. The molecular formula is C21H22N4O3. The van der Waals surface area contributed by atoms with Gasteiger partial charge >= 0.3 is 0 Å². The third-order valence-electron chi connectivity index (χ3n) is 4.62. The minimum Gasteiger partial charge on any atom is -0.378 e. The Morgan fingerprint density at radius 3 is 2.21 bits per heavy atom. The number of aliphatic hydroxyl groups is 1. The molecule has 1 unspecified atom stereocenters. The molecule has 3 aromatic rings. The monoisotopic (exact) mass is 378 g/mol. The Hall–Kier alpha value is -3.45. The first-order valence-corrected chi connectivity index (χ1v) is 8.89. The minimum absolute atomic E-state index is 0.0287. The van der Waals surface area contributed by atoms with Crippen molar-refractivity contribution in [3.8, 4) is 0 Å². The lowest BCUT2D eigenvalue weighted by atomic mass is 9.83. The fourth-order valence-electron chi connectivity index (χ4n) is 3.09. The van der Waals surface area contributed by atoms with Crippen molar-refractivity contribution in [1.29, 1.82) is 0 Å². The van der Waals surface area contributed by atoms with Gasteiger partial charge in [-0.05, 0) is 17.5 Å². The number of carbonyl (C=O) groups is 2. The highest BCUT2D eigenvalue weighted by atomic mass is 16.3. The lowest BCUT2D eigenvalue weighted by Gasteiger charge is -2.34. The van der Waals surface area contributed by atoms with Crippen molar-refractivity contribution < 1.29 is 14.7 Å². The molecule has 0 bridgehead atoms. The van der Waals surface area contributed by atoms with Gasteiger partial charge in [0.1, 0.15) is 0 Å². The van der Waals surface area contributed by atoms with E-state index >= 15 is 0 Å². The molecule has 28 heavy (non-hydrogen) atoms. The first kappa shape index (κ1) is 19.3. The Kier molecular flexibility index (Phi) is 5.86. The number of hydrogen-bond donors (Lipinski definition) is 4. The Labute approximate surface area is 162 Å². The van der Waals surface area contributed by atoms with Crippen molar-refractivity contribution in [1.82, 2.24) is 15.3 Å². The van der Waals surface area contributed by atoms with Crippen LogP contribution in [0.5, 0.6) is 0 Å². The molecule has 7 nitrogen and oxygen atoms in total. The van der Waals surface area contributed by atoms with Gasteiger partial charge in [0.05, 0.1) is 6.04 Å². The Bertz CT molecular complexity index is 913. The van der Waals surface area contributed by atoms with Crippen molar-refractivity contribution in [3.63, 3.8) is 0 Å². The maximum atomic E-state index is 12.6. The van der Waals surface area contributed by atoms with E-state index in [0.29, 0.717) is 0 Å². The Morgan fingerprint density at radius 2 is 1.68 bits per heavy atom. The van der Waals surface area contributed by atoms with Crippen LogP contribution >= 0.6 is 0 Å². The maximum Gasteiger partial charge on any atom is 0.287 e. The maximum absolute atomic E-state index is 12.6. The largest absolute Gasteiger partial charge is 0.378 e. The molecule has 2 atom stereocenters. The van der Waals surface area contributed by atoms with Gasteiger partial charge in [0.25, 0.3) is 11.8 Å². The lowest BCUT2D eigenvalue weighted by Crippen LogP contribution is -2.62. The van der Waals surface area contributed by atoms with Crippen molar-refractivity contribution >= 4 is 11.8 Å². The average Bonchev–Trinajstić information content (AvgIpc) is 3.24. The van der Waals surface area contributed by atoms with E-state index in [2.05, 4.69) is 15.3 Å². The number of carbonyl (C=O) groups excluding carboxylic acids is 2. The molecule has 0 saturated heterocycles. The summed E-state index contributed by atoms with van der Waals surface area (Å²) in [6, 6.07) is 17.4. The fraction of sp³-hybridized carbons (Fsp3) is 0.190. The quantitative estimate of drug-likeness (QED) is 0.471. The molecule has 0 spiro atoms. The molecule has 2 aromatic carbocycles. The van der Waals surface area contributed by atoms with E-state index in [0.717, 1.165) is 11.1 Å². The number of nitrogens with zero attached hydrogens (tertiary/aromatic N) is 1. The van der Waals surface area contributed by atoms with Crippen LogP contribution in [0.2, 0.25) is 0 Å². The molecule has 1 aromatic heterocycles. The van der Waals surface area contributed by atoms with Crippen LogP contribution < -0.4 is 11.1 Å². The van der Waals surface area contributed by atoms with E-state index in [1.807, 2.05) is 48.5 Å². The van der Waals surface area contributed by atoms with Crippen LogP contribution in [0.25, 0.3) is 0 Å². The third-order valence-corrected chi connectivity index (χ3v) is 4.62. The van der Waals surface area contributed by atoms with Crippen molar-refractivity contribution in [2.24, 2.45) is 5.73 Å². The number of H-pyrrole nitrogens is 1. The molecule has 7 heteroatoms. The van der Waals surface area contributed by atoms with Gasteiger partial charge < -0.3 is 21.1 Å². The molecule has 0 aliphatic carbocycles. The smallest absolute Gasteiger partial charge is 0.287 e. The molecule has 144 valence electrons. The molecule has 0 fully saturated rings. The van der Waals surface area contributed by atoms with Crippen molar-refractivity contribution in [2.45, 2.75) is 24.5 Å².